The van der Waals surface area contributed by atoms with Crippen molar-refractivity contribution in [1.29, 1.82) is 0 Å². The Labute approximate surface area is 131 Å². The van der Waals surface area contributed by atoms with E-state index >= 15 is 0 Å². The summed E-state index contributed by atoms with van der Waals surface area (Å²) in [5, 5.41) is 10.0. The molecule has 23 heavy (non-hydrogen) atoms. The van der Waals surface area contributed by atoms with Gasteiger partial charge in [0.2, 0.25) is 0 Å². The fourth-order valence-corrected chi connectivity index (χ4v) is 2.11. The summed E-state index contributed by atoms with van der Waals surface area (Å²) in [6.07, 6.45) is 0. The average molecular weight is 312 g/mol. The van der Waals surface area contributed by atoms with Gasteiger partial charge in [-0.1, -0.05) is 30.3 Å². The minimum atomic E-state index is -0.675. The zero-order valence-corrected chi connectivity index (χ0v) is 12.0. The lowest BCUT2D eigenvalue weighted by atomic mass is 10.1. The maximum absolute atomic E-state index is 13.6. The van der Waals surface area contributed by atoms with Gasteiger partial charge in [-0.3, -0.25) is 4.79 Å². The zero-order chi connectivity index (χ0) is 16.2. The quantitative estimate of drug-likeness (QED) is 0.756. The van der Waals surface area contributed by atoms with Crippen LogP contribution >= 0.6 is 0 Å². The van der Waals surface area contributed by atoms with Crippen LogP contribution in [0.1, 0.15) is 16.1 Å². The van der Waals surface area contributed by atoms with E-state index in [-0.39, 0.29) is 18.1 Å². The van der Waals surface area contributed by atoms with Crippen LogP contribution in [0.25, 0.3) is 11.3 Å². The molecule has 0 fully saturated rings. The monoisotopic (exact) mass is 312 g/mol. The number of carbonyl (C=O) groups excluding carboxylic acids is 1. The van der Waals surface area contributed by atoms with Gasteiger partial charge in [-0.2, -0.15) is 15.4 Å². The van der Waals surface area contributed by atoms with Crippen LogP contribution < -0.4 is 10.5 Å². The smallest absolute Gasteiger partial charge is 0.271 e. The number of aromatic amines is 1. The maximum atomic E-state index is 13.6. The van der Waals surface area contributed by atoms with Crippen molar-refractivity contribution in [3.63, 3.8) is 0 Å². The molecular weight excluding hydrogens is 299 g/mol. The number of nitrogens with one attached hydrogen (secondary N) is 1. The number of hydrogen-bond donors (Lipinski definition) is 2. The van der Waals surface area contributed by atoms with Gasteiger partial charge >= 0.3 is 0 Å². The lowest BCUT2D eigenvalue weighted by Crippen LogP contribution is -2.12. The second-order valence-corrected chi connectivity index (χ2v) is 4.79. The van der Waals surface area contributed by atoms with Crippen LogP contribution in [-0.4, -0.2) is 21.3 Å². The third-order valence-corrected chi connectivity index (χ3v) is 3.24. The molecule has 0 spiro atoms. The number of hydrogen-bond acceptors (Lipinski definition) is 4. The highest BCUT2D eigenvalue weighted by atomic mass is 19.1. The number of halogens is 1. The first kappa shape index (κ1) is 14.7. The fraction of sp³-hybridized carbons (Fsp3) is 0.0625. The molecule has 3 rings (SSSR count). The van der Waals surface area contributed by atoms with Gasteiger partial charge in [0.15, 0.2) is 5.69 Å². The summed E-state index contributed by atoms with van der Waals surface area (Å²) >= 11 is 0. The molecule has 0 bridgehead atoms. The van der Waals surface area contributed by atoms with Crippen molar-refractivity contribution in [1.82, 2.24) is 15.4 Å². The molecule has 1 heterocycles. The Hall–Kier alpha value is -3.22. The third-order valence-electron chi connectivity index (χ3n) is 3.24. The van der Waals surface area contributed by atoms with Gasteiger partial charge in [0.05, 0.1) is 0 Å². The van der Waals surface area contributed by atoms with Crippen molar-refractivity contribution in [2.24, 2.45) is 5.73 Å². The van der Waals surface area contributed by atoms with Crippen molar-refractivity contribution in [3.05, 3.63) is 65.6 Å². The molecule has 116 valence electrons. The van der Waals surface area contributed by atoms with Crippen molar-refractivity contribution in [2.45, 2.75) is 6.61 Å². The van der Waals surface area contributed by atoms with E-state index in [0.29, 0.717) is 22.6 Å². The molecule has 0 saturated carbocycles. The lowest BCUT2D eigenvalue weighted by molar-refractivity contribution is 0.0996. The Bertz CT molecular complexity index is 847. The predicted octanol–water partition coefficient (Wildman–Crippen LogP) is 2.29. The highest BCUT2D eigenvalue weighted by Crippen LogP contribution is 2.24. The number of H-pyrrole nitrogens is 1. The zero-order valence-electron chi connectivity index (χ0n) is 12.0. The minimum Gasteiger partial charge on any atom is -0.489 e. The van der Waals surface area contributed by atoms with Gasteiger partial charge in [-0.15, -0.1) is 0 Å². The summed E-state index contributed by atoms with van der Waals surface area (Å²) in [4.78, 5) is 11.3. The van der Waals surface area contributed by atoms with E-state index in [1.54, 1.807) is 42.5 Å². The molecule has 0 atom stereocenters. The van der Waals surface area contributed by atoms with Gasteiger partial charge in [-0.25, -0.2) is 4.39 Å². The normalized spacial score (nSPS) is 10.5. The number of primary amides is 1. The van der Waals surface area contributed by atoms with Gasteiger partial charge in [0, 0.05) is 11.1 Å². The molecule has 1 aromatic heterocycles. The topological polar surface area (TPSA) is 93.9 Å². The van der Waals surface area contributed by atoms with Crippen LogP contribution in [-0.2, 0) is 6.61 Å². The summed E-state index contributed by atoms with van der Waals surface area (Å²) in [5.41, 5.74) is 6.72. The molecule has 6 nitrogen and oxygen atoms in total. The Kier molecular flexibility index (Phi) is 4.01. The third kappa shape index (κ3) is 3.18. The number of nitrogens with zero attached hydrogens (tertiary/aromatic N) is 2. The van der Waals surface area contributed by atoms with Crippen molar-refractivity contribution in [2.75, 3.05) is 0 Å². The van der Waals surface area contributed by atoms with Crippen LogP contribution in [0.5, 0.6) is 5.75 Å². The highest BCUT2D eigenvalue weighted by Gasteiger charge is 2.15. The van der Waals surface area contributed by atoms with E-state index in [1.165, 1.54) is 6.07 Å². The molecule has 3 N–H and O–H groups in total. The van der Waals surface area contributed by atoms with Crippen molar-refractivity contribution in [3.8, 4) is 17.0 Å². The second-order valence-electron chi connectivity index (χ2n) is 4.79. The molecular formula is C16H13FN4O2. The Balaban J connectivity index is 1.82. The summed E-state index contributed by atoms with van der Waals surface area (Å²) in [6.45, 7) is 0.0949. The number of rotatable bonds is 5. The SMILES string of the molecule is NC(=O)c1n[nH]nc1-c1cccc(OCc2ccccc2F)c1. The molecule has 7 heteroatoms. The summed E-state index contributed by atoms with van der Waals surface area (Å²) in [7, 11) is 0. The van der Waals surface area contributed by atoms with E-state index in [0.717, 1.165) is 0 Å². The number of amides is 1. The van der Waals surface area contributed by atoms with Crippen LogP contribution in [0.4, 0.5) is 4.39 Å². The van der Waals surface area contributed by atoms with Crippen LogP contribution in [0.2, 0.25) is 0 Å². The highest BCUT2D eigenvalue weighted by molar-refractivity contribution is 5.96. The molecule has 0 aliphatic carbocycles. The lowest BCUT2D eigenvalue weighted by Gasteiger charge is -2.08. The summed E-state index contributed by atoms with van der Waals surface area (Å²) in [5.74, 6) is -0.480. The number of carbonyl (C=O) groups is 1. The van der Waals surface area contributed by atoms with Crippen LogP contribution in [0, 0.1) is 5.82 Å². The van der Waals surface area contributed by atoms with E-state index in [1.807, 2.05) is 0 Å². The largest absolute Gasteiger partial charge is 0.489 e. The van der Waals surface area contributed by atoms with E-state index < -0.39 is 5.91 Å². The molecule has 0 aliphatic rings. The number of ether oxygens (including phenoxy) is 1. The first-order valence-electron chi connectivity index (χ1n) is 6.82. The molecule has 1 amide bonds. The van der Waals surface area contributed by atoms with Gasteiger partial charge < -0.3 is 10.5 Å². The maximum Gasteiger partial charge on any atom is 0.271 e. The van der Waals surface area contributed by atoms with Crippen LogP contribution in [0.15, 0.2) is 48.5 Å². The Morgan fingerprint density at radius 1 is 1.17 bits per heavy atom. The molecule has 3 aromatic rings. The molecule has 0 unspecified atom stereocenters. The summed E-state index contributed by atoms with van der Waals surface area (Å²) in [6, 6.07) is 13.3. The molecule has 0 radical (unpaired) electrons. The first-order valence-corrected chi connectivity index (χ1v) is 6.82. The Morgan fingerprint density at radius 2 is 2.00 bits per heavy atom. The van der Waals surface area contributed by atoms with E-state index in [9.17, 15) is 9.18 Å². The fourth-order valence-electron chi connectivity index (χ4n) is 2.11. The Morgan fingerprint density at radius 3 is 2.78 bits per heavy atom. The molecule has 0 aliphatic heterocycles. The number of benzene rings is 2. The van der Waals surface area contributed by atoms with E-state index in [4.69, 9.17) is 10.5 Å². The number of nitrogens with two attached hydrogens (primary N) is 1. The summed E-state index contributed by atoms with van der Waals surface area (Å²) < 4.78 is 19.2. The van der Waals surface area contributed by atoms with Crippen molar-refractivity contribution >= 4 is 5.91 Å². The second kappa shape index (κ2) is 6.27. The standard InChI is InChI=1S/C16H13FN4O2/c17-13-7-2-1-4-11(13)9-23-12-6-3-5-10(8-12)14-15(16(18)22)20-21-19-14/h1-8H,9H2,(H2,18,22)(H,19,20,21). The van der Waals surface area contributed by atoms with E-state index in [2.05, 4.69) is 15.4 Å². The minimum absolute atomic E-state index is 0.0521. The van der Waals surface area contributed by atoms with Gasteiger partial charge in [0.25, 0.3) is 5.91 Å². The predicted molar refractivity (Wildman–Crippen MR) is 81.1 cm³/mol. The van der Waals surface area contributed by atoms with Crippen molar-refractivity contribution < 1.29 is 13.9 Å². The van der Waals surface area contributed by atoms with Gasteiger partial charge in [-0.05, 0) is 18.2 Å². The molecule has 2 aromatic carbocycles. The average Bonchev–Trinajstić information content (AvgIpc) is 3.04. The van der Waals surface area contributed by atoms with Gasteiger partial charge in [0.1, 0.15) is 23.9 Å². The molecule has 0 saturated heterocycles. The first-order chi connectivity index (χ1) is 11.1. The van der Waals surface area contributed by atoms with Crippen LogP contribution in [0.3, 0.4) is 0 Å². The number of aromatic nitrogens is 3.